The van der Waals surface area contributed by atoms with Gasteiger partial charge in [-0.15, -0.1) is 0 Å². The topological polar surface area (TPSA) is 49.0 Å². The van der Waals surface area contributed by atoms with Crippen LogP contribution in [0.25, 0.3) is 11.0 Å². The predicted molar refractivity (Wildman–Crippen MR) is 95.1 cm³/mol. The van der Waals surface area contributed by atoms with Crippen molar-refractivity contribution in [3.8, 4) is 0 Å². The van der Waals surface area contributed by atoms with Crippen molar-refractivity contribution in [2.24, 2.45) is 0 Å². The van der Waals surface area contributed by atoms with Gasteiger partial charge in [0.25, 0.3) is 5.91 Å². The second-order valence-corrected chi connectivity index (χ2v) is 6.69. The Morgan fingerprint density at radius 1 is 1.28 bits per heavy atom. The number of H-pyrrole nitrogens is 1. The summed E-state index contributed by atoms with van der Waals surface area (Å²) in [5.74, 6) is 0.658. The van der Waals surface area contributed by atoms with Gasteiger partial charge in [0.2, 0.25) is 0 Å². The van der Waals surface area contributed by atoms with Crippen molar-refractivity contribution < 1.29 is 9.18 Å². The number of aryl methyl sites for hydroxylation is 1. The summed E-state index contributed by atoms with van der Waals surface area (Å²) in [6, 6.07) is 12.6. The van der Waals surface area contributed by atoms with Crippen LogP contribution >= 0.6 is 0 Å². The van der Waals surface area contributed by atoms with Gasteiger partial charge in [0.15, 0.2) is 0 Å². The molecular weight excluding hydrogens is 317 g/mol. The molecule has 1 aliphatic rings. The largest absolute Gasteiger partial charge is 0.342 e. The number of nitrogens with one attached hydrogen (secondary N) is 1. The number of aromatic nitrogens is 2. The molecule has 0 spiro atoms. The molecule has 1 aromatic heterocycles. The standard InChI is InChI=1S/C20H20FN3O/c1-13-8-9-14(11-16(13)21)20(25)24-10-4-5-15(12-24)19-22-17-6-2-3-7-18(17)23-19/h2-3,6-9,11,15H,4-5,10,12H2,1H3,(H,22,23)/t15-/m0/s1. The summed E-state index contributed by atoms with van der Waals surface area (Å²) in [5.41, 5.74) is 2.92. The van der Waals surface area contributed by atoms with Gasteiger partial charge in [0.1, 0.15) is 11.6 Å². The number of carbonyl (C=O) groups is 1. The minimum atomic E-state index is -0.336. The molecule has 1 fully saturated rings. The Kier molecular flexibility index (Phi) is 3.99. The van der Waals surface area contributed by atoms with Crippen molar-refractivity contribution >= 4 is 16.9 Å². The van der Waals surface area contributed by atoms with E-state index in [1.165, 1.54) is 6.07 Å². The molecule has 0 unspecified atom stereocenters. The van der Waals surface area contributed by atoms with E-state index in [0.717, 1.165) is 29.7 Å². The maximum atomic E-state index is 13.8. The Balaban J connectivity index is 1.55. The number of carbonyl (C=O) groups excluding carboxylic acids is 1. The lowest BCUT2D eigenvalue weighted by molar-refractivity contribution is 0.0704. The molecule has 1 N–H and O–H groups in total. The molecule has 25 heavy (non-hydrogen) atoms. The molecule has 0 bridgehead atoms. The highest BCUT2D eigenvalue weighted by Crippen LogP contribution is 2.27. The zero-order valence-electron chi connectivity index (χ0n) is 14.1. The molecule has 1 saturated heterocycles. The van der Waals surface area contributed by atoms with Crippen LogP contribution in [-0.2, 0) is 0 Å². The van der Waals surface area contributed by atoms with E-state index >= 15 is 0 Å². The molecule has 0 saturated carbocycles. The number of hydrogen-bond donors (Lipinski definition) is 1. The Labute approximate surface area is 145 Å². The number of rotatable bonds is 2. The molecule has 5 heteroatoms. The van der Waals surface area contributed by atoms with E-state index in [9.17, 15) is 9.18 Å². The Bertz CT molecular complexity index is 901. The van der Waals surface area contributed by atoms with Crippen molar-refractivity contribution in [1.29, 1.82) is 0 Å². The zero-order valence-corrected chi connectivity index (χ0v) is 14.1. The first kappa shape index (κ1) is 15.8. The first-order valence-electron chi connectivity index (χ1n) is 8.62. The van der Waals surface area contributed by atoms with Gasteiger partial charge < -0.3 is 9.88 Å². The van der Waals surface area contributed by atoms with E-state index in [1.54, 1.807) is 19.1 Å². The zero-order chi connectivity index (χ0) is 17.4. The molecule has 2 heterocycles. The molecule has 0 radical (unpaired) electrons. The fraction of sp³-hybridized carbons (Fsp3) is 0.300. The number of fused-ring (bicyclic) bond motifs is 1. The van der Waals surface area contributed by atoms with Crippen LogP contribution < -0.4 is 0 Å². The highest BCUT2D eigenvalue weighted by Gasteiger charge is 2.27. The van der Waals surface area contributed by atoms with E-state index in [0.29, 0.717) is 24.2 Å². The van der Waals surface area contributed by atoms with Gasteiger partial charge in [-0.1, -0.05) is 18.2 Å². The van der Waals surface area contributed by atoms with E-state index in [2.05, 4.69) is 9.97 Å². The number of likely N-dealkylation sites (tertiary alicyclic amines) is 1. The van der Waals surface area contributed by atoms with Crippen molar-refractivity contribution in [1.82, 2.24) is 14.9 Å². The summed E-state index contributed by atoms with van der Waals surface area (Å²) >= 11 is 0. The highest BCUT2D eigenvalue weighted by atomic mass is 19.1. The summed E-state index contributed by atoms with van der Waals surface area (Å²) < 4.78 is 13.8. The van der Waals surface area contributed by atoms with E-state index in [-0.39, 0.29) is 17.6 Å². The van der Waals surface area contributed by atoms with Crippen LogP contribution in [-0.4, -0.2) is 33.9 Å². The summed E-state index contributed by atoms with van der Waals surface area (Å²) in [4.78, 5) is 22.6. The van der Waals surface area contributed by atoms with Crippen LogP contribution in [0.3, 0.4) is 0 Å². The minimum Gasteiger partial charge on any atom is -0.342 e. The second-order valence-electron chi connectivity index (χ2n) is 6.69. The Morgan fingerprint density at radius 3 is 2.92 bits per heavy atom. The van der Waals surface area contributed by atoms with Gasteiger partial charge in [-0.25, -0.2) is 9.37 Å². The first-order chi connectivity index (χ1) is 12.1. The van der Waals surface area contributed by atoms with Gasteiger partial charge in [-0.2, -0.15) is 0 Å². The average Bonchev–Trinajstić information content (AvgIpc) is 3.08. The van der Waals surface area contributed by atoms with Crippen LogP contribution in [0.4, 0.5) is 4.39 Å². The van der Waals surface area contributed by atoms with E-state index < -0.39 is 0 Å². The van der Waals surface area contributed by atoms with Gasteiger partial charge in [-0.3, -0.25) is 4.79 Å². The summed E-state index contributed by atoms with van der Waals surface area (Å²) in [6.45, 7) is 3.00. The lowest BCUT2D eigenvalue weighted by Gasteiger charge is -2.32. The fourth-order valence-corrected chi connectivity index (χ4v) is 3.46. The summed E-state index contributed by atoms with van der Waals surface area (Å²) in [6.07, 6.45) is 1.91. The van der Waals surface area contributed by atoms with Crippen LogP contribution in [0.2, 0.25) is 0 Å². The number of aromatic amines is 1. The molecule has 2 aromatic carbocycles. The van der Waals surface area contributed by atoms with Crippen LogP contribution in [0.5, 0.6) is 0 Å². The SMILES string of the molecule is Cc1ccc(C(=O)N2CCC[C@H](c3nc4ccccc4[nH]3)C2)cc1F. The van der Waals surface area contributed by atoms with Gasteiger partial charge >= 0.3 is 0 Å². The monoisotopic (exact) mass is 337 g/mol. The van der Waals surface area contributed by atoms with Crippen LogP contribution in [0.15, 0.2) is 42.5 Å². The highest BCUT2D eigenvalue weighted by molar-refractivity contribution is 5.94. The van der Waals surface area contributed by atoms with Gasteiger partial charge in [0.05, 0.1) is 11.0 Å². The minimum absolute atomic E-state index is 0.111. The molecule has 4 rings (SSSR count). The van der Waals surface area contributed by atoms with E-state index in [1.807, 2.05) is 29.2 Å². The second kappa shape index (κ2) is 6.31. The lowest BCUT2D eigenvalue weighted by Crippen LogP contribution is -2.39. The number of nitrogens with zero attached hydrogens (tertiary/aromatic N) is 2. The Hall–Kier alpha value is -2.69. The molecular formula is C20H20FN3O. The number of halogens is 1. The maximum absolute atomic E-state index is 13.8. The lowest BCUT2D eigenvalue weighted by atomic mass is 9.96. The van der Waals surface area contributed by atoms with Crippen LogP contribution in [0.1, 0.15) is 40.5 Å². The quantitative estimate of drug-likeness (QED) is 0.767. The van der Waals surface area contributed by atoms with Gasteiger partial charge in [0, 0.05) is 24.6 Å². The number of hydrogen-bond acceptors (Lipinski definition) is 2. The third-order valence-electron chi connectivity index (χ3n) is 4.92. The third-order valence-corrected chi connectivity index (χ3v) is 4.92. The predicted octanol–water partition coefficient (Wildman–Crippen LogP) is 4.03. The number of amides is 1. The van der Waals surface area contributed by atoms with Crippen molar-refractivity contribution in [2.45, 2.75) is 25.7 Å². The van der Waals surface area contributed by atoms with Crippen molar-refractivity contribution in [3.05, 3.63) is 65.2 Å². The first-order valence-corrected chi connectivity index (χ1v) is 8.62. The normalized spacial score (nSPS) is 17.8. The number of para-hydroxylation sites is 2. The van der Waals surface area contributed by atoms with Crippen molar-refractivity contribution in [2.75, 3.05) is 13.1 Å². The molecule has 4 nitrogen and oxygen atoms in total. The number of piperidine rings is 1. The summed E-state index contributed by atoms with van der Waals surface area (Å²) in [7, 11) is 0. The number of benzene rings is 2. The molecule has 1 atom stereocenters. The molecule has 1 amide bonds. The summed E-state index contributed by atoms with van der Waals surface area (Å²) in [5, 5.41) is 0. The number of imidazole rings is 1. The molecule has 1 aliphatic heterocycles. The Morgan fingerprint density at radius 2 is 2.12 bits per heavy atom. The molecule has 128 valence electrons. The van der Waals surface area contributed by atoms with Gasteiger partial charge in [-0.05, 0) is 49.6 Å². The molecule has 0 aliphatic carbocycles. The third kappa shape index (κ3) is 3.02. The average molecular weight is 337 g/mol. The smallest absolute Gasteiger partial charge is 0.253 e. The van der Waals surface area contributed by atoms with E-state index in [4.69, 9.17) is 0 Å². The molecule has 3 aromatic rings. The maximum Gasteiger partial charge on any atom is 0.253 e. The fourth-order valence-electron chi connectivity index (χ4n) is 3.46. The van der Waals surface area contributed by atoms with Crippen LogP contribution in [0, 0.1) is 12.7 Å². The van der Waals surface area contributed by atoms with Crippen molar-refractivity contribution in [3.63, 3.8) is 0 Å².